The van der Waals surface area contributed by atoms with Crippen molar-refractivity contribution < 1.29 is 17.9 Å². The van der Waals surface area contributed by atoms with Crippen molar-refractivity contribution in [3.8, 4) is 0 Å². The smallest absolute Gasteiger partial charge is 0.321 e. The van der Waals surface area contributed by atoms with E-state index in [2.05, 4.69) is 32.3 Å². The lowest BCUT2D eigenvalue weighted by molar-refractivity contribution is -0.154. The fourth-order valence-electron chi connectivity index (χ4n) is 5.45. The minimum atomic E-state index is -4.17. The van der Waals surface area contributed by atoms with Crippen LogP contribution in [-0.4, -0.2) is 36.8 Å². The molecule has 0 unspecified atom stereocenters. The van der Waals surface area contributed by atoms with E-state index in [0.29, 0.717) is 5.69 Å². The molecule has 8 heteroatoms. The van der Waals surface area contributed by atoms with E-state index in [-0.39, 0.29) is 29.0 Å². The van der Waals surface area contributed by atoms with Crippen LogP contribution in [0.15, 0.2) is 101 Å². The maximum absolute atomic E-state index is 14.3. The number of nitrogens with zero attached hydrogens (tertiary/aromatic N) is 3. The van der Waals surface area contributed by atoms with E-state index >= 15 is 0 Å². The van der Waals surface area contributed by atoms with E-state index in [0.717, 1.165) is 21.1 Å². The number of esters is 1. The Morgan fingerprint density at radius 3 is 2.28 bits per heavy atom. The average molecular weight is 544 g/mol. The van der Waals surface area contributed by atoms with E-state index in [9.17, 15) is 13.2 Å². The highest BCUT2D eigenvalue weighted by Crippen LogP contribution is 2.58. The highest BCUT2D eigenvalue weighted by Gasteiger charge is 2.64. The molecule has 1 saturated heterocycles. The first-order valence-electron chi connectivity index (χ1n) is 13.0. The quantitative estimate of drug-likeness (QED) is 0.360. The number of para-hydroxylation sites is 1. The molecular weight excluding hydrogens is 510 g/mol. The highest BCUT2D eigenvalue weighted by molar-refractivity contribution is 7.89. The van der Waals surface area contributed by atoms with Gasteiger partial charge in [0.2, 0.25) is 0 Å². The van der Waals surface area contributed by atoms with Crippen molar-refractivity contribution in [2.24, 2.45) is 10.4 Å². The highest BCUT2D eigenvalue weighted by atomic mass is 32.2. The van der Waals surface area contributed by atoms with Crippen molar-refractivity contribution in [1.29, 1.82) is 0 Å². The molecule has 2 atom stereocenters. The monoisotopic (exact) mass is 543 g/mol. The summed E-state index contributed by atoms with van der Waals surface area (Å²) in [5.74, 6) is -0.528. The van der Waals surface area contributed by atoms with Crippen LogP contribution in [0.4, 0.5) is 5.69 Å². The molecular formula is C31H33N3O4S. The number of hydrogen-bond donors (Lipinski definition) is 0. The molecule has 0 amide bonds. The lowest BCUT2D eigenvalue weighted by atomic mass is 9.71. The number of carbonyl (C=O) groups is 1. The van der Waals surface area contributed by atoms with Crippen LogP contribution < -0.4 is 0 Å². The third kappa shape index (κ3) is 4.33. The van der Waals surface area contributed by atoms with E-state index < -0.39 is 27.4 Å². The number of carbonyl (C=O) groups excluding carboxylic acids is 1. The van der Waals surface area contributed by atoms with Gasteiger partial charge in [-0.2, -0.15) is 12.8 Å². The van der Waals surface area contributed by atoms with Gasteiger partial charge in [-0.05, 0) is 48.1 Å². The molecule has 0 radical (unpaired) electrons. The molecule has 0 aromatic heterocycles. The van der Waals surface area contributed by atoms with Crippen LogP contribution in [0.3, 0.4) is 0 Å². The Hall–Kier alpha value is -3.91. The van der Waals surface area contributed by atoms with Gasteiger partial charge in [0.1, 0.15) is 17.8 Å². The molecule has 3 aromatic rings. The molecule has 3 aromatic carbocycles. The molecule has 2 aliphatic rings. The zero-order valence-electron chi connectivity index (χ0n) is 22.7. The lowest BCUT2D eigenvalue weighted by Gasteiger charge is -2.36. The summed E-state index contributed by atoms with van der Waals surface area (Å²) >= 11 is 0. The Morgan fingerprint density at radius 2 is 1.64 bits per heavy atom. The van der Waals surface area contributed by atoms with Gasteiger partial charge in [0.15, 0.2) is 0 Å². The second kappa shape index (κ2) is 9.68. The number of sulfonamides is 1. The van der Waals surface area contributed by atoms with Gasteiger partial charge >= 0.3 is 5.97 Å². The normalized spacial score (nSPS) is 20.5. The number of aliphatic imine (C=N–C) groups is 1. The summed E-state index contributed by atoms with van der Waals surface area (Å²) in [6.45, 7) is 12.4. The lowest BCUT2D eigenvalue weighted by Crippen LogP contribution is -2.43. The summed E-state index contributed by atoms with van der Waals surface area (Å²) in [7, 11) is -4.17. The number of rotatable bonds is 6. The van der Waals surface area contributed by atoms with Gasteiger partial charge in [-0.15, -0.1) is 0 Å². The van der Waals surface area contributed by atoms with Crippen LogP contribution in [0.2, 0.25) is 0 Å². The molecule has 7 nitrogen and oxygen atoms in total. The minimum absolute atomic E-state index is 0.0991. The summed E-state index contributed by atoms with van der Waals surface area (Å²) in [4.78, 5) is 18.7. The van der Waals surface area contributed by atoms with E-state index in [1.54, 1.807) is 19.1 Å². The van der Waals surface area contributed by atoms with Crippen molar-refractivity contribution in [1.82, 2.24) is 9.42 Å². The molecule has 2 heterocycles. The Balaban J connectivity index is 1.72. The topological polar surface area (TPSA) is 79.3 Å². The van der Waals surface area contributed by atoms with Crippen molar-refractivity contribution >= 4 is 28.0 Å². The summed E-state index contributed by atoms with van der Waals surface area (Å²) in [6, 6.07) is 23.1. The van der Waals surface area contributed by atoms with Gasteiger partial charge in [-0.1, -0.05) is 88.0 Å². The van der Waals surface area contributed by atoms with Crippen molar-refractivity contribution in [3.63, 3.8) is 0 Å². The molecule has 202 valence electrons. The van der Waals surface area contributed by atoms with Gasteiger partial charge in [0.05, 0.1) is 22.9 Å². The first kappa shape index (κ1) is 26.7. The second-order valence-corrected chi connectivity index (χ2v) is 12.7. The van der Waals surface area contributed by atoms with Crippen LogP contribution in [0.1, 0.15) is 50.4 Å². The van der Waals surface area contributed by atoms with Gasteiger partial charge in [0, 0.05) is 5.56 Å². The predicted octanol–water partition coefficient (Wildman–Crippen LogP) is 5.93. The zero-order valence-corrected chi connectivity index (χ0v) is 23.5. The van der Waals surface area contributed by atoms with Crippen molar-refractivity contribution in [2.45, 2.75) is 50.5 Å². The fourth-order valence-corrected chi connectivity index (χ4v) is 6.97. The van der Waals surface area contributed by atoms with Crippen LogP contribution in [0, 0.1) is 5.41 Å². The summed E-state index contributed by atoms with van der Waals surface area (Å²) < 4.78 is 35.4. The van der Waals surface area contributed by atoms with Crippen LogP contribution >= 0.6 is 0 Å². The molecule has 1 fully saturated rings. The van der Waals surface area contributed by atoms with Crippen LogP contribution in [0.5, 0.6) is 0 Å². The number of fused-ring (bicyclic) bond motifs is 3. The van der Waals surface area contributed by atoms with Crippen LogP contribution in [0.25, 0.3) is 0 Å². The fraction of sp³-hybridized carbons (Fsp3) is 0.290. The maximum atomic E-state index is 14.3. The third-order valence-electron chi connectivity index (χ3n) is 7.44. The first-order valence-corrected chi connectivity index (χ1v) is 14.4. The number of hydrazine groups is 1. The van der Waals surface area contributed by atoms with Crippen LogP contribution in [-0.2, 0) is 31.4 Å². The third-order valence-corrected chi connectivity index (χ3v) is 9.18. The van der Waals surface area contributed by atoms with Gasteiger partial charge < -0.3 is 4.74 Å². The number of hydrogen-bond acceptors (Lipinski definition) is 6. The van der Waals surface area contributed by atoms with Gasteiger partial charge in [0.25, 0.3) is 10.0 Å². The molecule has 0 saturated carbocycles. The predicted molar refractivity (Wildman–Crippen MR) is 152 cm³/mol. The van der Waals surface area contributed by atoms with Crippen molar-refractivity contribution in [3.05, 3.63) is 108 Å². The number of ether oxygens (including phenoxy) is 1. The van der Waals surface area contributed by atoms with E-state index in [1.807, 2.05) is 66.7 Å². The molecule has 2 aliphatic heterocycles. The van der Waals surface area contributed by atoms with E-state index in [1.165, 1.54) is 11.3 Å². The maximum Gasteiger partial charge on any atom is 0.321 e. The number of benzene rings is 3. The Labute approximate surface area is 230 Å². The SMILES string of the molecule is C=C1N(S(=O)(=O)c2ccc(C(C)(C)C)cc2)N2C=Nc3ccccc3[C@@H]2[C@]1(Cc1ccccc1)C(=O)OCC. The molecule has 5 rings (SSSR count). The zero-order chi connectivity index (χ0) is 28.0. The van der Waals surface area contributed by atoms with Gasteiger partial charge in [-0.25, -0.2) is 4.99 Å². The first-order chi connectivity index (χ1) is 18.5. The molecule has 0 bridgehead atoms. The van der Waals surface area contributed by atoms with Crippen molar-refractivity contribution in [2.75, 3.05) is 6.61 Å². The van der Waals surface area contributed by atoms with E-state index in [4.69, 9.17) is 4.74 Å². The largest absolute Gasteiger partial charge is 0.465 e. The Kier molecular flexibility index (Phi) is 6.63. The second-order valence-electron chi connectivity index (χ2n) is 10.9. The molecule has 39 heavy (non-hydrogen) atoms. The minimum Gasteiger partial charge on any atom is -0.465 e. The summed E-state index contributed by atoms with van der Waals surface area (Å²) in [6.07, 6.45) is 1.68. The Morgan fingerprint density at radius 1 is 1.00 bits per heavy atom. The standard InChI is InChI=1S/C31H33N3O4S/c1-6-38-29(35)31(20-23-12-8-7-9-13-23)22(2)34(33-21-32-27-15-11-10-14-26(27)28(31)33)39(36,37)25-18-16-24(17-19-25)30(3,4)5/h7-19,21,28H,2,6,20H2,1,3-5H3/t28-,31-/m1/s1. The molecule has 0 spiro atoms. The Bertz CT molecular complexity index is 1540. The summed E-state index contributed by atoms with van der Waals surface area (Å²) in [5, 5.41) is 1.53. The average Bonchev–Trinajstić information content (AvgIpc) is 3.18. The molecule has 0 aliphatic carbocycles. The molecule has 0 N–H and O–H groups in total. The van der Waals surface area contributed by atoms with Gasteiger partial charge in [-0.3, -0.25) is 9.80 Å². The summed E-state index contributed by atoms with van der Waals surface area (Å²) in [5.41, 5.74) is 1.82.